The van der Waals surface area contributed by atoms with Crippen molar-refractivity contribution in [2.75, 3.05) is 5.32 Å². The number of hydrogen-bond acceptors (Lipinski definition) is 10. The maximum Gasteiger partial charge on any atom is 0.351 e. The highest BCUT2D eigenvalue weighted by Gasteiger charge is 2.19. The van der Waals surface area contributed by atoms with Crippen molar-refractivity contribution >= 4 is 22.4 Å². The molecule has 0 aliphatic heterocycles. The molecule has 4 aromatic rings. The summed E-state index contributed by atoms with van der Waals surface area (Å²) in [5.41, 5.74) is 0.108. The topological polar surface area (TPSA) is 151 Å². The maximum absolute atomic E-state index is 12.6. The van der Waals surface area contributed by atoms with Gasteiger partial charge in [-0.05, 0) is 25.5 Å². The second-order valence-corrected chi connectivity index (χ2v) is 8.22. The van der Waals surface area contributed by atoms with Crippen molar-refractivity contribution in [2.45, 2.75) is 33.1 Å². The Kier molecular flexibility index (Phi) is 6.22. The summed E-state index contributed by atoms with van der Waals surface area (Å²) in [7, 11) is 1.35. The highest BCUT2D eigenvalue weighted by molar-refractivity contribution is 7.15. The monoisotopic (exact) mass is 468 g/mol. The number of nitrogens with zero attached hydrogens (tertiary/aromatic N) is 7. The van der Waals surface area contributed by atoms with Crippen LogP contribution in [0.4, 0.5) is 5.13 Å². The van der Waals surface area contributed by atoms with Crippen LogP contribution >= 0.6 is 11.3 Å². The molecular formula is C20H20N8O4S. The van der Waals surface area contributed by atoms with Crippen molar-refractivity contribution in [1.29, 1.82) is 0 Å². The predicted octanol–water partition coefficient (Wildman–Crippen LogP) is 1.27. The number of amides is 1. The normalized spacial score (nSPS) is 11.0. The lowest BCUT2D eigenvalue weighted by Crippen LogP contribution is -2.40. The van der Waals surface area contributed by atoms with Crippen LogP contribution in [0.1, 0.15) is 29.8 Å². The first-order chi connectivity index (χ1) is 15.9. The molecule has 1 amide bonds. The first kappa shape index (κ1) is 22.2. The Hall–Kier alpha value is -4.00. The summed E-state index contributed by atoms with van der Waals surface area (Å²) in [6, 6.07) is 7.10. The molecule has 33 heavy (non-hydrogen) atoms. The fourth-order valence-electron chi connectivity index (χ4n) is 2.87. The van der Waals surface area contributed by atoms with E-state index in [2.05, 4.69) is 30.8 Å². The van der Waals surface area contributed by atoms with Gasteiger partial charge in [0.2, 0.25) is 22.8 Å². The lowest BCUT2D eigenvalue weighted by atomic mass is 10.2. The number of aromatic nitrogens is 7. The molecule has 0 unspecified atom stereocenters. The molecule has 0 spiro atoms. The van der Waals surface area contributed by atoms with Crippen molar-refractivity contribution in [3.63, 3.8) is 0 Å². The highest BCUT2D eigenvalue weighted by atomic mass is 32.1. The molecule has 0 atom stereocenters. The first-order valence-corrected chi connectivity index (χ1v) is 10.9. The fourth-order valence-corrected chi connectivity index (χ4v) is 3.57. The molecule has 3 heterocycles. The van der Waals surface area contributed by atoms with Gasteiger partial charge in [-0.25, -0.2) is 4.79 Å². The van der Waals surface area contributed by atoms with E-state index in [9.17, 15) is 14.4 Å². The standard InChI is InChI=1S/C20H20N8O4S/c1-4-15-23-24-19(33-15)21-13(29)9-10-14-22-17(26-32-14)16-18(30)27(3)20(31)28(25-16)12-7-5-11(2)6-8-12/h5-8H,4,9-10H2,1-3H3,(H,21,24,29). The van der Waals surface area contributed by atoms with E-state index in [-0.39, 0.29) is 36.2 Å². The molecule has 3 aromatic heterocycles. The summed E-state index contributed by atoms with van der Waals surface area (Å²) in [6.45, 7) is 3.87. The van der Waals surface area contributed by atoms with Gasteiger partial charge in [-0.3, -0.25) is 14.2 Å². The van der Waals surface area contributed by atoms with E-state index in [0.717, 1.165) is 26.2 Å². The Morgan fingerprint density at radius 3 is 2.64 bits per heavy atom. The molecule has 0 saturated carbocycles. The van der Waals surface area contributed by atoms with E-state index < -0.39 is 11.2 Å². The van der Waals surface area contributed by atoms with Crippen LogP contribution in [0.25, 0.3) is 17.2 Å². The van der Waals surface area contributed by atoms with Crippen LogP contribution in [-0.4, -0.2) is 40.6 Å². The van der Waals surface area contributed by atoms with Crippen molar-refractivity contribution < 1.29 is 9.32 Å². The van der Waals surface area contributed by atoms with Gasteiger partial charge in [0.05, 0.1) is 5.69 Å². The van der Waals surface area contributed by atoms with E-state index in [1.807, 2.05) is 26.0 Å². The third kappa shape index (κ3) is 4.77. The SMILES string of the molecule is CCc1nnc(NC(=O)CCc2nc(-c3nn(-c4ccc(C)cc4)c(=O)n(C)c3=O)no2)s1. The molecule has 1 aromatic carbocycles. The lowest BCUT2D eigenvalue weighted by molar-refractivity contribution is -0.116. The second-order valence-electron chi connectivity index (χ2n) is 7.16. The zero-order valence-electron chi connectivity index (χ0n) is 18.1. The Labute approximate surface area is 190 Å². The average Bonchev–Trinajstić information content (AvgIpc) is 3.46. The molecule has 0 saturated heterocycles. The number of aryl methyl sites for hydroxylation is 3. The molecule has 12 nitrogen and oxygen atoms in total. The summed E-state index contributed by atoms with van der Waals surface area (Å²) in [5.74, 6) is -0.192. The van der Waals surface area contributed by atoms with Gasteiger partial charge in [0, 0.05) is 19.9 Å². The summed E-state index contributed by atoms with van der Waals surface area (Å²) in [4.78, 5) is 41.5. The van der Waals surface area contributed by atoms with Gasteiger partial charge in [-0.1, -0.05) is 41.1 Å². The summed E-state index contributed by atoms with van der Waals surface area (Å²) < 4.78 is 7.22. The summed E-state index contributed by atoms with van der Waals surface area (Å²) in [5, 5.41) is 19.8. The Morgan fingerprint density at radius 1 is 1.18 bits per heavy atom. The first-order valence-electron chi connectivity index (χ1n) is 10.1. The number of rotatable bonds is 7. The molecule has 0 aliphatic carbocycles. The maximum atomic E-state index is 12.6. The second kappa shape index (κ2) is 9.24. The molecule has 0 radical (unpaired) electrons. The predicted molar refractivity (Wildman–Crippen MR) is 119 cm³/mol. The number of benzene rings is 1. The van der Waals surface area contributed by atoms with Gasteiger partial charge in [-0.2, -0.15) is 14.8 Å². The molecule has 1 N–H and O–H groups in total. The number of nitrogens with one attached hydrogen (secondary N) is 1. The number of carbonyl (C=O) groups excluding carboxylic acids is 1. The Morgan fingerprint density at radius 2 is 1.94 bits per heavy atom. The number of hydrogen-bond donors (Lipinski definition) is 1. The molecular weight excluding hydrogens is 448 g/mol. The van der Waals surface area contributed by atoms with Gasteiger partial charge in [0.15, 0.2) is 5.69 Å². The zero-order valence-corrected chi connectivity index (χ0v) is 18.9. The third-order valence-corrected chi connectivity index (χ3v) is 5.70. The van der Waals surface area contributed by atoms with Crippen LogP contribution in [0.5, 0.6) is 0 Å². The molecule has 0 bridgehead atoms. The van der Waals surface area contributed by atoms with E-state index in [0.29, 0.717) is 10.8 Å². The zero-order chi connectivity index (χ0) is 23.5. The Bertz CT molecular complexity index is 1420. The summed E-state index contributed by atoms with van der Waals surface area (Å²) >= 11 is 1.31. The molecule has 13 heteroatoms. The fraction of sp³-hybridized carbons (Fsp3) is 0.300. The van der Waals surface area contributed by atoms with Crippen molar-refractivity contribution in [3.8, 4) is 17.2 Å². The van der Waals surface area contributed by atoms with Crippen LogP contribution in [0.2, 0.25) is 0 Å². The highest BCUT2D eigenvalue weighted by Crippen LogP contribution is 2.16. The molecule has 0 aliphatic rings. The van der Waals surface area contributed by atoms with Gasteiger partial charge in [-0.15, -0.1) is 10.2 Å². The van der Waals surface area contributed by atoms with Crippen molar-refractivity contribution in [1.82, 2.24) is 34.7 Å². The molecule has 170 valence electrons. The average molecular weight is 468 g/mol. The van der Waals surface area contributed by atoms with E-state index in [4.69, 9.17) is 4.52 Å². The van der Waals surface area contributed by atoms with Gasteiger partial charge in [0.1, 0.15) is 5.01 Å². The van der Waals surface area contributed by atoms with Gasteiger partial charge >= 0.3 is 5.69 Å². The molecule has 0 fully saturated rings. The van der Waals surface area contributed by atoms with Crippen LogP contribution in [0, 0.1) is 6.92 Å². The number of carbonyl (C=O) groups is 1. The van der Waals surface area contributed by atoms with E-state index >= 15 is 0 Å². The van der Waals surface area contributed by atoms with Crippen LogP contribution in [0.15, 0.2) is 38.4 Å². The smallest absolute Gasteiger partial charge is 0.339 e. The third-order valence-electron chi connectivity index (χ3n) is 4.72. The van der Waals surface area contributed by atoms with E-state index in [1.165, 1.54) is 18.4 Å². The van der Waals surface area contributed by atoms with Crippen LogP contribution in [-0.2, 0) is 24.7 Å². The number of anilines is 1. The van der Waals surface area contributed by atoms with Gasteiger partial charge in [0.25, 0.3) is 5.56 Å². The van der Waals surface area contributed by atoms with Crippen LogP contribution in [0.3, 0.4) is 0 Å². The quantitative estimate of drug-likeness (QED) is 0.423. The van der Waals surface area contributed by atoms with Crippen molar-refractivity contribution in [3.05, 3.63) is 61.6 Å². The van der Waals surface area contributed by atoms with Crippen LogP contribution < -0.4 is 16.6 Å². The minimum atomic E-state index is -0.656. The van der Waals surface area contributed by atoms with Crippen molar-refractivity contribution in [2.24, 2.45) is 7.05 Å². The molecule has 4 rings (SSSR count). The largest absolute Gasteiger partial charge is 0.351 e. The summed E-state index contributed by atoms with van der Waals surface area (Å²) in [6.07, 6.45) is 0.955. The minimum Gasteiger partial charge on any atom is -0.339 e. The Balaban J connectivity index is 1.53. The minimum absolute atomic E-state index is 0.0661. The van der Waals surface area contributed by atoms with Gasteiger partial charge < -0.3 is 9.84 Å². The lowest BCUT2D eigenvalue weighted by Gasteiger charge is -2.08. The van der Waals surface area contributed by atoms with E-state index in [1.54, 1.807) is 12.1 Å².